The molecule has 0 bridgehead atoms. The molecule has 0 radical (unpaired) electrons. The summed E-state index contributed by atoms with van der Waals surface area (Å²) < 4.78 is 9.64. The Labute approximate surface area is 60.7 Å². The van der Waals surface area contributed by atoms with Crippen molar-refractivity contribution in [2.75, 3.05) is 14.2 Å². The van der Waals surface area contributed by atoms with Crippen LogP contribution in [0.4, 0.5) is 0 Å². The molecular weight excluding hydrogens is 130 g/mol. The minimum absolute atomic E-state index is 0.345. The van der Waals surface area contributed by atoms with Crippen molar-refractivity contribution in [1.29, 1.82) is 0 Å². The van der Waals surface area contributed by atoms with Crippen LogP contribution in [0.25, 0.3) is 0 Å². The third kappa shape index (κ3) is 1.93. The second-order valence-corrected chi connectivity index (χ2v) is 1.44. The molecule has 0 atom stereocenters. The summed E-state index contributed by atoms with van der Waals surface area (Å²) in [6, 6.07) is 0. The fraction of sp³-hybridized carbons (Fsp3) is 0.286. The van der Waals surface area contributed by atoms with Gasteiger partial charge in [0.05, 0.1) is 14.2 Å². The molecule has 0 aliphatic carbocycles. The van der Waals surface area contributed by atoms with Gasteiger partial charge in [-0.3, -0.25) is 0 Å². The summed E-state index contributed by atoms with van der Waals surface area (Å²) in [5, 5.41) is 0. The lowest BCUT2D eigenvalue weighted by atomic mass is 10.5. The maximum atomic E-state index is 4.85. The Bertz CT molecular complexity index is 143. The normalized spacial score (nSPS) is 11.4. The highest BCUT2D eigenvalue weighted by atomic mass is 16.5. The minimum Gasteiger partial charge on any atom is -0.491 e. The highest BCUT2D eigenvalue weighted by Gasteiger charge is 1.98. The molecule has 0 amide bonds. The first-order valence-corrected chi connectivity index (χ1v) is 2.71. The van der Waals surface area contributed by atoms with Crippen LogP contribution >= 0.6 is 0 Å². The van der Waals surface area contributed by atoms with Crippen LogP contribution in [-0.4, -0.2) is 20.9 Å². The zero-order chi connectivity index (χ0) is 7.98. The quantitative estimate of drug-likeness (QED) is 0.336. The summed E-state index contributed by atoms with van der Waals surface area (Å²) in [7, 11) is 3.01. The van der Waals surface area contributed by atoms with E-state index >= 15 is 0 Å². The Balaban J connectivity index is 4.50. The van der Waals surface area contributed by atoms with E-state index in [1.54, 1.807) is 0 Å². The van der Waals surface area contributed by atoms with Crippen LogP contribution in [0, 0.1) is 0 Å². The molecule has 3 heteroatoms. The average Bonchev–Trinajstić information content (AvgIpc) is 2.00. The summed E-state index contributed by atoms with van der Waals surface area (Å²) in [5.41, 5.74) is 0. The highest BCUT2D eigenvalue weighted by molar-refractivity contribution is 5.29. The molecule has 0 aromatic rings. The minimum atomic E-state index is 0.345. The molecule has 0 aliphatic rings. The van der Waals surface area contributed by atoms with Crippen LogP contribution in [0.1, 0.15) is 0 Å². The van der Waals surface area contributed by atoms with E-state index in [1.807, 2.05) is 0 Å². The molecule has 0 aliphatic heterocycles. The monoisotopic (exact) mass is 141 g/mol. The number of hydrogen-bond donors (Lipinski definition) is 0. The lowest BCUT2D eigenvalue weighted by molar-refractivity contribution is 0.229. The van der Waals surface area contributed by atoms with Gasteiger partial charge < -0.3 is 9.47 Å². The second-order valence-electron chi connectivity index (χ2n) is 1.44. The molecular formula is C7H11NO2. The molecule has 0 aromatic heterocycles. The number of allylic oxidation sites excluding steroid dienone is 1. The molecule has 0 aromatic carbocycles. The van der Waals surface area contributed by atoms with E-state index < -0.39 is 0 Å². The summed E-state index contributed by atoms with van der Waals surface area (Å²) in [5.74, 6) is 0.829. The zero-order valence-corrected chi connectivity index (χ0v) is 6.26. The number of rotatable bonds is 4. The Kier molecular flexibility index (Phi) is 4.04. The van der Waals surface area contributed by atoms with Crippen molar-refractivity contribution in [2.45, 2.75) is 0 Å². The van der Waals surface area contributed by atoms with Gasteiger partial charge in [0, 0.05) is 0 Å². The smallest absolute Gasteiger partial charge is 0.256 e. The van der Waals surface area contributed by atoms with Gasteiger partial charge in [0.15, 0.2) is 5.76 Å². The Morgan fingerprint density at radius 2 is 2.00 bits per heavy atom. The first-order chi connectivity index (χ1) is 4.79. The standard InChI is InChI=1S/C7H11NO2/c1-5-6(9-3)7(8-2)10-4/h5H,1-2H2,3-4H3/b7-6-. The largest absolute Gasteiger partial charge is 0.491 e. The SMILES string of the molecule is C=C/C(OC)=C(\N=C)OC. The molecule has 10 heavy (non-hydrogen) atoms. The third-order valence-corrected chi connectivity index (χ3v) is 0.953. The van der Waals surface area contributed by atoms with E-state index in [-0.39, 0.29) is 0 Å². The number of aliphatic imine (C=N–C) groups is 1. The average molecular weight is 141 g/mol. The van der Waals surface area contributed by atoms with Gasteiger partial charge in [-0.05, 0) is 12.8 Å². The van der Waals surface area contributed by atoms with Crippen molar-refractivity contribution in [3.63, 3.8) is 0 Å². The van der Waals surface area contributed by atoms with Crippen LogP contribution < -0.4 is 0 Å². The molecule has 0 rings (SSSR count). The summed E-state index contributed by atoms with van der Waals surface area (Å²) >= 11 is 0. The number of nitrogens with zero attached hydrogens (tertiary/aromatic N) is 1. The van der Waals surface area contributed by atoms with Gasteiger partial charge in [-0.15, -0.1) is 0 Å². The molecule has 0 spiro atoms. The Morgan fingerprint density at radius 1 is 1.40 bits per heavy atom. The molecule has 0 saturated carbocycles. The van der Waals surface area contributed by atoms with E-state index in [4.69, 9.17) is 9.47 Å². The van der Waals surface area contributed by atoms with Crippen molar-refractivity contribution < 1.29 is 9.47 Å². The zero-order valence-electron chi connectivity index (χ0n) is 6.26. The van der Waals surface area contributed by atoms with Gasteiger partial charge in [-0.2, -0.15) is 0 Å². The number of hydrogen-bond acceptors (Lipinski definition) is 3. The molecule has 3 nitrogen and oxygen atoms in total. The first kappa shape index (κ1) is 8.75. The van der Waals surface area contributed by atoms with Crippen LogP contribution in [-0.2, 0) is 9.47 Å². The number of ether oxygens (including phenoxy) is 2. The fourth-order valence-electron chi connectivity index (χ4n) is 0.501. The van der Waals surface area contributed by atoms with Gasteiger partial charge in [0.1, 0.15) is 0 Å². The predicted molar refractivity (Wildman–Crippen MR) is 40.8 cm³/mol. The van der Waals surface area contributed by atoms with Crippen molar-refractivity contribution in [3.05, 3.63) is 24.3 Å². The summed E-state index contributed by atoms with van der Waals surface area (Å²) in [4.78, 5) is 3.56. The van der Waals surface area contributed by atoms with E-state index in [2.05, 4.69) is 18.3 Å². The van der Waals surface area contributed by atoms with Gasteiger partial charge in [0.2, 0.25) is 0 Å². The third-order valence-electron chi connectivity index (χ3n) is 0.953. The van der Waals surface area contributed by atoms with Crippen molar-refractivity contribution in [3.8, 4) is 0 Å². The van der Waals surface area contributed by atoms with Crippen molar-refractivity contribution in [1.82, 2.24) is 0 Å². The molecule has 0 heterocycles. The summed E-state index contributed by atoms with van der Waals surface area (Å²) in [6.45, 7) is 6.79. The van der Waals surface area contributed by atoms with Gasteiger partial charge in [-0.1, -0.05) is 6.58 Å². The highest BCUT2D eigenvalue weighted by Crippen LogP contribution is 2.06. The van der Waals surface area contributed by atoms with E-state index in [0.29, 0.717) is 11.6 Å². The molecule has 56 valence electrons. The van der Waals surface area contributed by atoms with Crippen LogP contribution in [0.2, 0.25) is 0 Å². The summed E-state index contributed by atoms with van der Waals surface area (Å²) in [6.07, 6.45) is 1.51. The van der Waals surface area contributed by atoms with Crippen molar-refractivity contribution in [2.24, 2.45) is 4.99 Å². The second kappa shape index (κ2) is 4.61. The molecule has 0 fully saturated rings. The van der Waals surface area contributed by atoms with Crippen molar-refractivity contribution >= 4 is 6.72 Å². The van der Waals surface area contributed by atoms with Gasteiger partial charge in [0.25, 0.3) is 5.88 Å². The molecule has 0 saturated heterocycles. The Morgan fingerprint density at radius 3 is 2.10 bits per heavy atom. The lowest BCUT2D eigenvalue weighted by Gasteiger charge is -2.03. The maximum Gasteiger partial charge on any atom is 0.256 e. The number of methoxy groups -OCH3 is 2. The van der Waals surface area contributed by atoms with Crippen LogP contribution in [0.5, 0.6) is 0 Å². The van der Waals surface area contributed by atoms with Crippen LogP contribution in [0.3, 0.4) is 0 Å². The lowest BCUT2D eigenvalue weighted by Crippen LogP contribution is -1.91. The predicted octanol–water partition coefficient (Wildman–Crippen LogP) is 1.33. The topological polar surface area (TPSA) is 30.8 Å². The van der Waals surface area contributed by atoms with Gasteiger partial charge in [-0.25, -0.2) is 4.99 Å². The maximum absolute atomic E-state index is 4.85. The fourth-order valence-corrected chi connectivity index (χ4v) is 0.501. The van der Waals surface area contributed by atoms with Gasteiger partial charge >= 0.3 is 0 Å². The van der Waals surface area contributed by atoms with E-state index in [0.717, 1.165) is 0 Å². The van der Waals surface area contributed by atoms with E-state index in [9.17, 15) is 0 Å². The van der Waals surface area contributed by atoms with E-state index in [1.165, 1.54) is 20.3 Å². The Hall–Kier alpha value is -1.25. The molecule has 0 unspecified atom stereocenters. The molecule has 0 N–H and O–H groups in total. The first-order valence-electron chi connectivity index (χ1n) is 2.71. The van der Waals surface area contributed by atoms with Crippen LogP contribution in [0.15, 0.2) is 29.3 Å².